The van der Waals surface area contributed by atoms with E-state index in [4.69, 9.17) is 23.2 Å². The summed E-state index contributed by atoms with van der Waals surface area (Å²) in [6.45, 7) is 1.45. The summed E-state index contributed by atoms with van der Waals surface area (Å²) in [5.41, 5.74) is -1.77. The van der Waals surface area contributed by atoms with Gasteiger partial charge in [-0.3, -0.25) is 14.9 Å². The Morgan fingerprint density at radius 2 is 1.77 bits per heavy atom. The van der Waals surface area contributed by atoms with Crippen molar-refractivity contribution in [2.24, 2.45) is 0 Å². The Hall–Kier alpha value is -2.64. The van der Waals surface area contributed by atoms with Gasteiger partial charge in [-0.2, -0.15) is 0 Å². The van der Waals surface area contributed by atoms with E-state index in [1.807, 2.05) is 0 Å². The third-order valence-electron chi connectivity index (χ3n) is 4.06. The van der Waals surface area contributed by atoms with E-state index in [9.17, 15) is 29.9 Å². The van der Waals surface area contributed by atoms with Crippen LogP contribution in [0, 0.1) is 10.1 Å². The maximum absolute atomic E-state index is 11.5. The molecule has 2 rings (SSSR count). The molecule has 0 aliphatic carbocycles. The molecule has 2 N–H and O–H groups in total. The lowest BCUT2D eigenvalue weighted by Gasteiger charge is -2.30. The summed E-state index contributed by atoms with van der Waals surface area (Å²) < 4.78 is 0. The number of rotatable bonds is 6. The Kier molecular flexibility index (Phi) is 5.53. The van der Waals surface area contributed by atoms with Crippen LogP contribution in [0.1, 0.15) is 34.8 Å². The molecule has 0 saturated heterocycles. The van der Waals surface area contributed by atoms with E-state index in [1.54, 1.807) is 0 Å². The first-order chi connectivity index (χ1) is 12.1. The van der Waals surface area contributed by atoms with Crippen LogP contribution in [0.5, 0.6) is 0 Å². The average Bonchev–Trinajstić information content (AvgIpc) is 2.53. The zero-order chi connectivity index (χ0) is 19.6. The molecule has 0 aromatic heterocycles. The highest BCUT2D eigenvalue weighted by Crippen LogP contribution is 2.44. The molecule has 2 aromatic rings. The fourth-order valence-corrected chi connectivity index (χ4v) is 3.33. The Morgan fingerprint density at radius 3 is 2.31 bits per heavy atom. The summed E-state index contributed by atoms with van der Waals surface area (Å²) in [4.78, 5) is 33.6. The van der Waals surface area contributed by atoms with E-state index in [-0.39, 0.29) is 32.4 Å². The van der Waals surface area contributed by atoms with Crippen molar-refractivity contribution < 1.29 is 24.7 Å². The maximum Gasteiger partial charge on any atom is 0.335 e. The molecule has 9 heteroatoms. The first-order valence-electron chi connectivity index (χ1n) is 7.26. The van der Waals surface area contributed by atoms with Crippen LogP contribution >= 0.6 is 23.2 Å². The number of halogens is 2. The van der Waals surface area contributed by atoms with E-state index in [2.05, 4.69) is 0 Å². The predicted molar refractivity (Wildman–Crippen MR) is 95.2 cm³/mol. The highest BCUT2D eigenvalue weighted by molar-refractivity contribution is 6.32. The van der Waals surface area contributed by atoms with Crippen LogP contribution in [0.15, 0.2) is 36.4 Å². The molecule has 26 heavy (non-hydrogen) atoms. The van der Waals surface area contributed by atoms with Gasteiger partial charge in [0.25, 0.3) is 5.69 Å². The third kappa shape index (κ3) is 3.79. The average molecular weight is 398 g/mol. The number of nitro benzene ring substituents is 1. The molecule has 0 bridgehead atoms. The van der Waals surface area contributed by atoms with Gasteiger partial charge in [-0.15, -0.1) is 0 Å². The summed E-state index contributed by atoms with van der Waals surface area (Å²) in [6, 6.07) is 7.59. The van der Waals surface area contributed by atoms with Crippen molar-refractivity contribution in [3.05, 3.63) is 73.2 Å². The molecular formula is C17H13Cl2NO6. The topological polar surface area (TPSA) is 118 Å². The fourth-order valence-electron chi connectivity index (χ4n) is 2.83. The van der Waals surface area contributed by atoms with Crippen LogP contribution in [-0.4, -0.2) is 27.1 Å². The maximum atomic E-state index is 11.5. The number of hydrogen-bond acceptors (Lipinski definition) is 4. The molecule has 0 saturated carbocycles. The summed E-state index contributed by atoms with van der Waals surface area (Å²) in [7, 11) is 0. The van der Waals surface area contributed by atoms with Gasteiger partial charge < -0.3 is 10.2 Å². The van der Waals surface area contributed by atoms with Crippen LogP contribution in [0.3, 0.4) is 0 Å². The minimum Gasteiger partial charge on any atom is -0.481 e. The van der Waals surface area contributed by atoms with E-state index >= 15 is 0 Å². The molecule has 2 aromatic carbocycles. The van der Waals surface area contributed by atoms with Crippen LogP contribution < -0.4 is 0 Å². The number of nitrogens with zero attached hydrogens (tertiary/aromatic N) is 1. The first kappa shape index (κ1) is 19.7. The molecule has 0 radical (unpaired) electrons. The number of aromatic carboxylic acids is 1. The zero-order valence-electron chi connectivity index (χ0n) is 13.4. The van der Waals surface area contributed by atoms with Gasteiger partial charge in [0.1, 0.15) is 0 Å². The van der Waals surface area contributed by atoms with E-state index in [0.717, 1.165) is 0 Å². The number of carboxylic acid groups (broad SMARTS) is 2. The van der Waals surface area contributed by atoms with Gasteiger partial charge in [0, 0.05) is 27.1 Å². The second-order valence-corrected chi connectivity index (χ2v) is 6.66. The lowest BCUT2D eigenvalue weighted by Crippen LogP contribution is -2.29. The Morgan fingerprint density at radius 1 is 1.12 bits per heavy atom. The lowest BCUT2D eigenvalue weighted by molar-refractivity contribution is -0.386. The van der Waals surface area contributed by atoms with Crippen LogP contribution in [0.2, 0.25) is 10.0 Å². The van der Waals surface area contributed by atoms with Gasteiger partial charge >= 0.3 is 11.9 Å². The van der Waals surface area contributed by atoms with Crippen LogP contribution in [-0.2, 0) is 10.2 Å². The van der Waals surface area contributed by atoms with Crippen molar-refractivity contribution >= 4 is 40.8 Å². The highest BCUT2D eigenvalue weighted by atomic mass is 35.5. The van der Waals surface area contributed by atoms with Crippen molar-refractivity contribution in [3.8, 4) is 0 Å². The van der Waals surface area contributed by atoms with Crippen molar-refractivity contribution in [3.63, 3.8) is 0 Å². The second-order valence-electron chi connectivity index (χ2n) is 5.82. The van der Waals surface area contributed by atoms with Gasteiger partial charge in [-0.25, -0.2) is 4.79 Å². The summed E-state index contributed by atoms with van der Waals surface area (Å²) in [5.74, 6) is -2.47. The molecule has 0 spiro atoms. The van der Waals surface area contributed by atoms with Crippen molar-refractivity contribution in [1.82, 2.24) is 0 Å². The molecule has 0 heterocycles. The molecule has 0 amide bonds. The SMILES string of the molecule is CC(CC(=O)O)(c1cc(C(=O)O)ccc1Cl)c1cc(Cl)ccc1[N+](=O)[O-]. The molecule has 1 unspecified atom stereocenters. The summed E-state index contributed by atoms with van der Waals surface area (Å²) in [6.07, 6.45) is -0.559. The Balaban J connectivity index is 2.86. The largest absolute Gasteiger partial charge is 0.481 e. The fraction of sp³-hybridized carbons (Fsp3) is 0.176. The van der Waals surface area contributed by atoms with Crippen molar-refractivity contribution in [2.75, 3.05) is 0 Å². The monoisotopic (exact) mass is 397 g/mol. The molecule has 0 fully saturated rings. The van der Waals surface area contributed by atoms with E-state index < -0.39 is 28.7 Å². The minimum absolute atomic E-state index is 0.0295. The number of carbonyl (C=O) groups is 2. The van der Waals surface area contributed by atoms with Crippen LogP contribution in [0.25, 0.3) is 0 Å². The number of hydrogen-bond donors (Lipinski definition) is 2. The standard InChI is InChI=1S/C17H13Cl2NO6/c1-17(8-15(21)22,11-6-9(16(23)24)2-4-13(11)19)12-7-10(18)3-5-14(12)20(25)26/h2-7H,8H2,1H3,(H,21,22)(H,23,24). The van der Waals surface area contributed by atoms with Crippen LogP contribution in [0.4, 0.5) is 5.69 Å². The van der Waals surface area contributed by atoms with Gasteiger partial charge in [0.15, 0.2) is 0 Å². The third-order valence-corrected chi connectivity index (χ3v) is 4.63. The number of nitro groups is 1. The van der Waals surface area contributed by atoms with Gasteiger partial charge in [-0.1, -0.05) is 30.1 Å². The van der Waals surface area contributed by atoms with Gasteiger partial charge in [0.05, 0.1) is 16.9 Å². The predicted octanol–water partition coefficient (Wildman–Crippen LogP) is 4.38. The minimum atomic E-state index is -1.48. The van der Waals surface area contributed by atoms with Crippen molar-refractivity contribution in [2.45, 2.75) is 18.8 Å². The van der Waals surface area contributed by atoms with E-state index in [0.29, 0.717) is 0 Å². The lowest BCUT2D eigenvalue weighted by atomic mass is 9.72. The quantitative estimate of drug-likeness (QED) is 0.551. The van der Waals surface area contributed by atoms with Gasteiger partial charge in [-0.05, 0) is 35.9 Å². The summed E-state index contributed by atoms with van der Waals surface area (Å²) >= 11 is 12.2. The number of carboxylic acids is 2. The van der Waals surface area contributed by atoms with Crippen molar-refractivity contribution in [1.29, 1.82) is 0 Å². The molecule has 136 valence electrons. The zero-order valence-corrected chi connectivity index (χ0v) is 14.9. The highest BCUT2D eigenvalue weighted by Gasteiger charge is 2.39. The first-order valence-corrected chi connectivity index (χ1v) is 8.01. The second kappa shape index (κ2) is 7.31. The Labute approximate surface area is 157 Å². The number of benzene rings is 2. The smallest absolute Gasteiger partial charge is 0.335 e. The molecule has 7 nitrogen and oxygen atoms in total. The number of aliphatic carboxylic acids is 1. The van der Waals surface area contributed by atoms with Gasteiger partial charge in [0.2, 0.25) is 0 Å². The molecule has 0 aliphatic heterocycles. The normalized spacial score (nSPS) is 13.0. The molecule has 1 atom stereocenters. The summed E-state index contributed by atoms with van der Waals surface area (Å²) in [5, 5.41) is 30.3. The van der Waals surface area contributed by atoms with E-state index in [1.165, 1.54) is 43.3 Å². The molecule has 0 aliphatic rings. The molecular weight excluding hydrogens is 385 g/mol. The Bertz CT molecular complexity index is 914.